The lowest BCUT2D eigenvalue weighted by atomic mass is 9.96. The van der Waals surface area contributed by atoms with Gasteiger partial charge in [0.25, 0.3) is 0 Å². The summed E-state index contributed by atoms with van der Waals surface area (Å²) < 4.78 is 5.83. The van der Waals surface area contributed by atoms with Gasteiger partial charge in [-0.1, -0.05) is 0 Å². The molecule has 0 atom stereocenters. The van der Waals surface area contributed by atoms with Crippen molar-refractivity contribution >= 4 is 21.7 Å². The second-order valence-corrected chi connectivity index (χ2v) is 4.10. The van der Waals surface area contributed by atoms with E-state index in [1.54, 1.807) is 6.07 Å². The maximum atomic E-state index is 11.6. The molecule has 2 rings (SSSR count). The van der Waals surface area contributed by atoms with Gasteiger partial charge in [-0.25, -0.2) is 0 Å². The van der Waals surface area contributed by atoms with Crippen LogP contribution in [0, 0.1) is 5.92 Å². The molecule has 3 nitrogen and oxygen atoms in total. The first-order chi connectivity index (χ1) is 6.27. The van der Waals surface area contributed by atoms with Crippen molar-refractivity contribution in [2.45, 2.75) is 6.42 Å². The second kappa shape index (κ2) is 3.64. The van der Waals surface area contributed by atoms with Gasteiger partial charge in [-0.15, -0.1) is 0 Å². The lowest BCUT2D eigenvalue weighted by Crippen LogP contribution is -2.42. The summed E-state index contributed by atoms with van der Waals surface area (Å²) >= 11 is 3.27. The first kappa shape index (κ1) is 8.97. The summed E-state index contributed by atoms with van der Waals surface area (Å²) in [5.41, 5.74) is 0. The highest BCUT2D eigenvalue weighted by molar-refractivity contribution is 9.10. The molecule has 1 saturated heterocycles. The Hall–Kier alpha value is -0.610. The first-order valence-corrected chi connectivity index (χ1v) is 5.03. The van der Waals surface area contributed by atoms with Crippen LogP contribution < -0.4 is 5.32 Å². The molecule has 70 valence electrons. The number of hydrogen-bond donors (Lipinski definition) is 1. The lowest BCUT2D eigenvalue weighted by Gasteiger charge is -2.25. The van der Waals surface area contributed by atoms with Gasteiger partial charge in [0.1, 0.15) is 0 Å². The highest BCUT2D eigenvalue weighted by Gasteiger charge is 2.23. The Morgan fingerprint density at radius 1 is 1.69 bits per heavy atom. The van der Waals surface area contributed by atoms with Crippen molar-refractivity contribution in [3.8, 4) is 0 Å². The number of carbonyl (C=O) groups is 1. The second-order valence-electron chi connectivity index (χ2n) is 3.25. The van der Waals surface area contributed by atoms with E-state index in [1.165, 1.54) is 6.26 Å². The molecule has 1 N–H and O–H groups in total. The third-order valence-electron chi connectivity index (χ3n) is 2.21. The molecule has 1 aliphatic rings. The molecule has 0 radical (unpaired) electrons. The number of rotatable bonds is 3. The zero-order valence-electron chi connectivity index (χ0n) is 7.05. The Balaban J connectivity index is 2.00. The number of carbonyl (C=O) groups excluding carboxylic acids is 1. The Morgan fingerprint density at radius 3 is 2.92 bits per heavy atom. The highest BCUT2D eigenvalue weighted by Crippen LogP contribution is 2.21. The van der Waals surface area contributed by atoms with Gasteiger partial charge in [0, 0.05) is 6.42 Å². The van der Waals surface area contributed by atoms with E-state index in [0.29, 0.717) is 18.1 Å². The minimum atomic E-state index is 0.0865. The average molecular weight is 244 g/mol. The van der Waals surface area contributed by atoms with Gasteiger partial charge in [0.15, 0.2) is 11.5 Å². The van der Waals surface area contributed by atoms with E-state index < -0.39 is 0 Å². The molecule has 1 fully saturated rings. The molecule has 1 aromatic heterocycles. The van der Waals surface area contributed by atoms with Crippen molar-refractivity contribution < 1.29 is 9.21 Å². The van der Waals surface area contributed by atoms with Crippen LogP contribution in [-0.4, -0.2) is 18.9 Å². The maximum Gasteiger partial charge on any atom is 0.199 e. The fourth-order valence-corrected chi connectivity index (χ4v) is 1.76. The monoisotopic (exact) mass is 243 g/mol. The van der Waals surface area contributed by atoms with Gasteiger partial charge < -0.3 is 9.73 Å². The number of halogens is 1. The van der Waals surface area contributed by atoms with Crippen molar-refractivity contribution in [1.82, 2.24) is 5.32 Å². The van der Waals surface area contributed by atoms with Crippen LogP contribution in [0.25, 0.3) is 0 Å². The van der Waals surface area contributed by atoms with E-state index in [1.807, 2.05) is 0 Å². The molecule has 0 bridgehead atoms. The number of ketones is 1. The summed E-state index contributed by atoms with van der Waals surface area (Å²) in [5, 5.41) is 3.13. The molecular formula is C9H10BrNO2. The molecule has 0 amide bonds. The summed E-state index contributed by atoms with van der Waals surface area (Å²) in [4.78, 5) is 11.6. The van der Waals surface area contributed by atoms with Crippen molar-refractivity contribution in [2.75, 3.05) is 13.1 Å². The van der Waals surface area contributed by atoms with Crippen LogP contribution in [-0.2, 0) is 0 Å². The molecule has 0 spiro atoms. The fraction of sp³-hybridized carbons (Fsp3) is 0.444. The van der Waals surface area contributed by atoms with Crippen LogP contribution in [0.3, 0.4) is 0 Å². The summed E-state index contributed by atoms with van der Waals surface area (Å²) in [7, 11) is 0. The van der Waals surface area contributed by atoms with Crippen LogP contribution in [0.1, 0.15) is 17.0 Å². The van der Waals surface area contributed by atoms with Crippen LogP contribution in [0.15, 0.2) is 21.2 Å². The van der Waals surface area contributed by atoms with Crippen molar-refractivity contribution in [3.63, 3.8) is 0 Å². The Bertz CT molecular complexity index is 317. The number of furan rings is 1. The van der Waals surface area contributed by atoms with Crippen molar-refractivity contribution in [2.24, 2.45) is 5.92 Å². The van der Waals surface area contributed by atoms with Gasteiger partial charge in [0.2, 0.25) is 0 Å². The molecule has 4 heteroatoms. The van der Waals surface area contributed by atoms with Gasteiger partial charge in [-0.3, -0.25) is 4.79 Å². The molecule has 0 saturated carbocycles. The maximum absolute atomic E-state index is 11.6. The van der Waals surface area contributed by atoms with E-state index in [0.717, 1.165) is 17.6 Å². The summed E-state index contributed by atoms with van der Waals surface area (Å²) in [6.07, 6.45) is 2.11. The van der Waals surface area contributed by atoms with Gasteiger partial charge in [0.05, 0.1) is 10.7 Å². The summed E-state index contributed by atoms with van der Waals surface area (Å²) in [6.45, 7) is 1.90. The standard InChI is InChI=1S/C9H10BrNO2/c10-7-1-2-13-9(7)8(12)3-6-4-11-5-6/h1-2,6,11H,3-5H2. The lowest BCUT2D eigenvalue weighted by molar-refractivity contribution is 0.0917. The zero-order valence-corrected chi connectivity index (χ0v) is 8.63. The van der Waals surface area contributed by atoms with E-state index in [9.17, 15) is 4.79 Å². The van der Waals surface area contributed by atoms with Crippen LogP contribution >= 0.6 is 15.9 Å². The average Bonchev–Trinajstić information content (AvgIpc) is 2.43. The van der Waals surface area contributed by atoms with Crippen molar-refractivity contribution in [1.29, 1.82) is 0 Å². The molecule has 0 aliphatic carbocycles. The van der Waals surface area contributed by atoms with Gasteiger partial charge in [-0.2, -0.15) is 0 Å². The molecule has 1 aliphatic heterocycles. The van der Waals surface area contributed by atoms with Gasteiger partial charge >= 0.3 is 0 Å². The Morgan fingerprint density at radius 2 is 2.46 bits per heavy atom. The third-order valence-corrected chi connectivity index (χ3v) is 2.83. The Labute approximate surface area is 84.6 Å². The molecule has 0 unspecified atom stereocenters. The largest absolute Gasteiger partial charge is 0.460 e. The van der Waals surface area contributed by atoms with E-state index >= 15 is 0 Å². The molecular weight excluding hydrogens is 234 g/mol. The minimum absolute atomic E-state index is 0.0865. The quantitative estimate of drug-likeness (QED) is 0.825. The molecule has 1 aromatic rings. The molecule has 2 heterocycles. The topological polar surface area (TPSA) is 42.2 Å². The van der Waals surface area contributed by atoms with Gasteiger partial charge in [-0.05, 0) is 41.0 Å². The summed E-state index contributed by atoms with van der Waals surface area (Å²) in [5.74, 6) is 1.03. The van der Waals surface area contributed by atoms with Crippen LogP contribution in [0.4, 0.5) is 0 Å². The SMILES string of the molecule is O=C(CC1CNC1)c1occc1Br. The number of nitrogens with one attached hydrogen (secondary N) is 1. The van der Waals surface area contributed by atoms with Crippen molar-refractivity contribution in [3.05, 3.63) is 22.6 Å². The molecule has 13 heavy (non-hydrogen) atoms. The summed E-state index contributed by atoms with van der Waals surface area (Å²) in [6, 6.07) is 1.74. The van der Waals surface area contributed by atoms with Crippen LogP contribution in [0.5, 0.6) is 0 Å². The fourth-order valence-electron chi connectivity index (χ4n) is 1.34. The zero-order chi connectivity index (χ0) is 9.26. The van der Waals surface area contributed by atoms with E-state index in [2.05, 4.69) is 21.2 Å². The number of Topliss-reactive ketones (excluding diaryl/α,β-unsaturated/α-hetero) is 1. The normalized spacial score (nSPS) is 17.0. The third kappa shape index (κ3) is 1.84. The predicted octanol–water partition coefficient (Wildman–Crippen LogP) is 1.83. The Kier molecular flexibility index (Phi) is 2.51. The molecule has 0 aromatic carbocycles. The predicted molar refractivity (Wildman–Crippen MR) is 51.7 cm³/mol. The van der Waals surface area contributed by atoms with Crippen LogP contribution in [0.2, 0.25) is 0 Å². The van der Waals surface area contributed by atoms with E-state index in [-0.39, 0.29) is 5.78 Å². The highest BCUT2D eigenvalue weighted by atomic mass is 79.9. The first-order valence-electron chi connectivity index (χ1n) is 4.24. The minimum Gasteiger partial charge on any atom is -0.460 e. The smallest absolute Gasteiger partial charge is 0.199 e. The van der Waals surface area contributed by atoms with E-state index in [4.69, 9.17) is 4.42 Å². The number of hydrogen-bond acceptors (Lipinski definition) is 3.